The van der Waals surface area contributed by atoms with Crippen molar-refractivity contribution >= 4 is 11.6 Å². The van der Waals surface area contributed by atoms with E-state index in [1.165, 1.54) is 42.0 Å². The van der Waals surface area contributed by atoms with Crippen molar-refractivity contribution in [3.8, 4) is 12.3 Å². The topological polar surface area (TPSA) is 61.7 Å². The smallest absolute Gasteiger partial charge is 0.336 e. The average Bonchev–Trinajstić information content (AvgIpc) is 3.72. The Morgan fingerprint density at radius 3 is 2.50 bits per heavy atom. The van der Waals surface area contributed by atoms with Crippen LogP contribution < -0.4 is 5.43 Å². The summed E-state index contributed by atoms with van der Waals surface area (Å²) in [7, 11) is 0. The fourth-order valence-electron chi connectivity index (χ4n) is 8.27. The lowest BCUT2D eigenvalue weighted by molar-refractivity contribution is -0.209. The third-order valence-corrected chi connectivity index (χ3v) is 10.3. The second-order valence-corrected chi connectivity index (χ2v) is 12.4. The Morgan fingerprint density at radius 2 is 1.84 bits per heavy atom. The van der Waals surface area contributed by atoms with Gasteiger partial charge in [-0.3, -0.25) is 4.79 Å². The van der Waals surface area contributed by atoms with Crippen molar-refractivity contribution in [1.82, 2.24) is 5.43 Å². The van der Waals surface area contributed by atoms with Crippen LogP contribution in [0.5, 0.6) is 0 Å². The molecule has 5 atom stereocenters. The van der Waals surface area contributed by atoms with Gasteiger partial charge < -0.3 is 5.11 Å². The fraction of sp³-hybridized carbons (Fsp3) is 0.562. The first kappa shape index (κ1) is 25.5. The van der Waals surface area contributed by atoms with Crippen LogP contribution in [0.2, 0.25) is 0 Å². The quantitative estimate of drug-likeness (QED) is 0.359. The molecule has 6 heteroatoms. The number of fused-ring (bicyclic) bond motifs is 4. The third kappa shape index (κ3) is 3.80. The lowest BCUT2D eigenvalue weighted by Crippen LogP contribution is -2.60. The molecule has 5 aliphatic rings. The number of hydrogen-bond acceptors (Lipinski definition) is 3. The van der Waals surface area contributed by atoms with Gasteiger partial charge in [0.1, 0.15) is 5.60 Å². The van der Waals surface area contributed by atoms with Gasteiger partial charge in [-0.25, -0.2) is 5.43 Å². The van der Waals surface area contributed by atoms with Gasteiger partial charge in [-0.2, -0.15) is 13.9 Å². The number of allylic oxidation sites excluding steroid dienone is 4. The Balaban J connectivity index is 1.46. The lowest BCUT2D eigenvalue weighted by Gasteiger charge is -2.55. The van der Waals surface area contributed by atoms with Crippen molar-refractivity contribution in [3.63, 3.8) is 0 Å². The monoisotopic (exact) mass is 518 g/mol. The van der Waals surface area contributed by atoms with E-state index in [2.05, 4.69) is 40.9 Å². The number of benzene rings is 1. The Kier molecular flexibility index (Phi) is 5.96. The number of hydrogen-bond donors (Lipinski definition) is 2. The number of aliphatic hydroxyl groups is 1. The van der Waals surface area contributed by atoms with Crippen LogP contribution in [0.4, 0.5) is 8.78 Å². The number of terminal acetylenes is 1. The summed E-state index contributed by atoms with van der Waals surface area (Å²) in [4.78, 5) is 11.4. The first-order chi connectivity index (χ1) is 18.1. The Labute approximate surface area is 223 Å². The highest BCUT2D eigenvalue weighted by atomic mass is 19.3. The molecule has 0 radical (unpaired) electrons. The van der Waals surface area contributed by atoms with Gasteiger partial charge in [0.15, 0.2) is 0 Å². The Hall–Kier alpha value is -2.78. The minimum atomic E-state index is -3.58. The van der Waals surface area contributed by atoms with Gasteiger partial charge in [0.05, 0.1) is 5.71 Å². The Bertz CT molecular complexity index is 1300. The molecule has 1 aromatic rings. The van der Waals surface area contributed by atoms with E-state index in [1.807, 2.05) is 6.92 Å². The van der Waals surface area contributed by atoms with Crippen molar-refractivity contribution in [3.05, 3.63) is 58.2 Å². The molecular formula is C32H36F2N2O2. The maximum atomic E-state index is 15.3. The van der Waals surface area contributed by atoms with Crippen LogP contribution in [0, 0.1) is 29.6 Å². The highest BCUT2D eigenvalue weighted by Crippen LogP contribution is 2.69. The number of rotatable bonds is 4. The summed E-state index contributed by atoms with van der Waals surface area (Å²) in [6.07, 6.45) is 14.1. The molecule has 3 saturated carbocycles. The van der Waals surface area contributed by atoms with Crippen LogP contribution in [-0.2, 0) is 4.79 Å². The number of hydrazone groups is 1. The van der Waals surface area contributed by atoms with E-state index in [4.69, 9.17) is 6.42 Å². The largest absolute Gasteiger partial charge is 0.382 e. The number of halogens is 2. The summed E-state index contributed by atoms with van der Waals surface area (Å²) in [5, 5.41) is 15.9. The summed E-state index contributed by atoms with van der Waals surface area (Å²) < 4.78 is 30.5. The molecule has 4 nitrogen and oxygen atoms in total. The summed E-state index contributed by atoms with van der Waals surface area (Å²) in [6, 6.07) is 8.78. The number of nitrogens with zero attached hydrogens (tertiary/aromatic N) is 1. The van der Waals surface area contributed by atoms with Crippen LogP contribution in [-0.4, -0.2) is 28.2 Å². The van der Waals surface area contributed by atoms with E-state index in [9.17, 15) is 9.90 Å². The standard InChI is InChI=1S/C32H36F2N2O2/c1-4-32(33,34)31(38)16-15-28-26-13-11-23-17-24(36-35-19(2)37)12-14-25(23)29(26)27(18-30(28,31)3)22-9-7-21(8-10-22)20-5-6-20/h1,7-10,17,20,26-28,38H,5-6,11-16,18H2,2-3H3,(H,35,37)/b36-24+/t26-,27-,28-,30-,31-/m0/s1. The van der Waals surface area contributed by atoms with Crippen LogP contribution in [0.25, 0.3) is 0 Å². The molecule has 0 unspecified atom stereocenters. The maximum Gasteiger partial charge on any atom is 0.336 e. The fourth-order valence-corrected chi connectivity index (χ4v) is 8.27. The summed E-state index contributed by atoms with van der Waals surface area (Å²) >= 11 is 0. The number of carbonyl (C=O) groups is 1. The van der Waals surface area contributed by atoms with E-state index >= 15 is 8.78 Å². The highest BCUT2D eigenvalue weighted by molar-refractivity contribution is 5.98. The SMILES string of the molecule is C#CC(F)(F)[C@]1(O)CC[C@H]2[C@@H]3CCC4=C/C(=N/NC(C)=O)CCC4=C3[C@H](c3ccc(C4CC4)cc3)C[C@@]21C. The number of amides is 1. The summed E-state index contributed by atoms with van der Waals surface area (Å²) in [5.41, 5.74) is 6.65. The van der Waals surface area contributed by atoms with Gasteiger partial charge in [-0.15, -0.1) is 6.42 Å². The molecule has 6 rings (SSSR count). The zero-order valence-corrected chi connectivity index (χ0v) is 22.2. The zero-order valence-electron chi connectivity index (χ0n) is 22.2. The van der Waals surface area contributed by atoms with Crippen molar-refractivity contribution < 1.29 is 18.7 Å². The molecule has 38 heavy (non-hydrogen) atoms. The predicted molar refractivity (Wildman–Crippen MR) is 144 cm³/mol. The first-order valence-corrected chi connectivity index (χ1v) is 14.0. The first-order valence-electron chi connectivity index (χ1n) is 14.0. The van der Waals surface area contributed by atoms with Gasteiger partial charge in [-0.05, 0) is 110 Å². The van der Waals surface area contributed by atoms with E-state index < -0.39 is 16.9 Å². The molecule has 0 aliphatic heterocycles. The maximum absolute atomic E-state index is 15.3. The van der Waals surface area contributed by atoms with Crippen LogP contribution in [0.1, 0.15) is 94.6 Å². The van der Waals surface area contributed by atoms with Crippen molar-refractivity contribution in [2.75, 3.05) is 0 Å². The second kappa shape index (κ2) is 8.88. The summed E-state index contributed by atoms with van der Waals surface area (Å²) in [6.45, 7) is 3.32. The van der Waals surface area contributed by atoms with Gasteiger partial charge in [0.2, 0.25) is 5.91 Å². The minimum Gasteiger partial charge on any atom is -0.382 e. The van der Waals surface area contributed by atoms with Gasteiger partial charge >= 0.3 is 5.92 Å². The summed E-state index contributed by atoms with van der Waals surface area (Å²) in [5.74, 6) is -1.45. The van der Waals surface area contributed by atoms with Crippen LogP contribution >= 0.6 is 0 Å². The van der Waals surface area contributed by atoms with Gasteiger partial charge in [0, 0.05) is 18.3 Å². The molecule has 1 amide bonds. The van der Waals surface area contributed by atoms with E-state index in [-0.39, 0.29) is 30.1 Å². The normalized spacial score (nSPS) is 35.6. The van der Waals surface area contributed by atoms with E-state index in [1.54, 1.807) is 5.92 Å². The van der Waals surface area contributed by atoms with E-state index in [0.29, 0.717) is 18.8 Å². The number of carbonyl (C=O) groups excluding carboxylic acids is 1. The molecule has 3 fully saturated rings. The lowest BCUT2D eigenvalue weighted by atomic mass is 9.50. The van der Waals surface area contributed by atoms with Crippen molar-refractivity contribution in [2.45, 2.75) is 95.0 Å². The molecule has 5 aliphatic carbocycles. The zero-order chi connectivity index (χ0) is 26.9. The average molecular weight is 519 g/mol. The van der Waals surface area contributed by atoms with Crippen molar-refractivity contribution in [1.29, 1.82) is 0 Å². The molecule has 0 heterocycles. The molecule has 0 saturated heterocycles. The van der Waals surface area contributed by atoms with Crippen LogP contribution in [0.15, 0.2) is 52.2 Å². The minimum absolute atomic E-state index is 0.0219. The van der Waals surface area contributed by atoms with Crippen molar-refractivity contribution in [2.24, 2.45) is 22.4 Å². The van der Waals surface area contributed by atoms with Gasteiger partial charge in [0.25, 0.3) is 0 Å². The number of alkyl halides is 2. The molecule has 200 valence electrons. The third-order valence-electron chi connectivity index (χ3n) is 10.3. The molecule has 0 aromatic heterocycles. The highest BCUT2D eigenvalue weighted by Gasteiger charge is 2.71. The molecule has 0 bridgehead atoms. The predicted octanol–water partition coefficient (Wildman–Crippen LogP) is 6.39. The van der Waals surface area contributed by atoms with Crippen LogP contribution in [0.3, 0.4) is 0 Å². The second-order valence-electron chi connectivity index (χ2n) is 12.4. The van der Waals surface area contributed by atoms with E-state index in [0.717, 1.165) is 37.0 Å². The molecular weight excluding hydrogens is 482 g/mol. The molecule has 1 aromatic carbocycles. The Morgan fingerprint density at radius 1 is 1.13 bits per heavy atom. The molecule has 2 N–H and O–H groups in total. The number of nitrogens with one attached hydrogen (secondary N) is 1. The molecule has 0 spiro atoms. The van der Waals surface area contributed by atoms with Gasteiger partial charge in [-0.1, -0.05) is 36.8 Å².